The molecule has 1 N–H and O–H groups in total. The molecule has 94 valence electrons. The molecule has 0 aromatic carbocycles. The molecule has 0 spiro atoms. The van der Waals surface area contributed by atoms with Crippen molar-refractivity contribution in [2.45, 2.75) is 19.8 Å². The maximum atomic E-state index is 12.0. The Balaban J connectivity index is 2.50. The maximum absolute atomic E-state index is 12.0. The Morgan fingerprint density at radius 1 is 1.47 bits per heavy atom. The minimum absolute atomic E-state index is 0.0886. The summed E-state index contributed by atoms with van der Waals surface area (Å²) >= 11 is 0. The van der Waals surface area contributed by atoms with Gasteiger partial charge in [0.1, 0.15) is 0 Å². The van der Waals surface area contributed by atoms with Crippen molar-refractivity contribution in [3.8, 4) is 12.3 Å². The second-order valence-electron chi connectivity index (χ2n) is 4.10. The van der Waals surface area contributed by atoms with Crippen LogP contribution in [0.1, 0.15) is 19.8 Å². The Morgan fingerprint density at radius 3 is 2.47 bits per heavy atom. The SMILES string of the molecule is C#CCN(CC)C(=O)N1CCC(C(=O)O)CC1. The van der Waals surface area contributed by atoms with E-state index < -0.39 is 5.97 Å². The van der Waals surface area contributed by atoms with Gasteiger partial charge in [0.15, 0.2) is 0 Å². The highest BCUT2D eigenvalue weighted by atomic mass is 16.4. The zero-order valence-corrected chi connectivity index (χ0v) is 10.1. The number of amides is 2. The fraction of sp³-hybridized carbons (Fsp3) is 0.667. The van der Waals surface area contributed by atoms with Gasteiger partial charge in [-0.25, -0.2) is 4.79 Å². The summed E-state index contributed by atoms with van der Waals surface area (Å²) in [5.74, 6) is 1.36. The molecule has 0 bridgehead atoms. The van der Waals surface area contributed by atoms with Crippen LogP contribution < -0.4 is 0 Å². The first-order valence-electron chi connectivity index (χ1n) is 5.80. The molecular formula is C12H18N2O3. The first kappa shape index (κ1) is 13.4. The van der Waals surface area contributed by atoms with Crippen molar-refractivity contribution in [3.63, 3.8) is 0 Å². The van der Waals surface area contributed by atoms with Gasteiger partial charge < -0.3 is 14.9 Å². The molecule has 0 aromatic heterocycles. The summed E-state index contributed by atoms with van der Waals surface area (Å²) in [6.07, 6.45) is 6.24. The highest BCUT2D eigenvalue weighted by Crippen LogP contribution is 2.18. The molecule has 1 fully saturated rings. The van der Waals surface area contributed by atoms with E-state index in [-0.39, 0.29) is 11.9 Å². The molecule has 0 saturated carbocycles. The number of rotatable bonds is 3. The Hall–Kier alpha value is -1.70. The van der Waals surface area contributed by atoms with E-state index in [1.807, 2.05) is 6.92 Å². The Labute approximate surface area is 101 Å². The van der Waals surface area contributed by atoms with E-state index in [9.17, 15) is 9.59 Å². The molecule has 0 aromatic rings. The highest BCUT2D eigenvalue weighted by molar-refractivity contribution is 5.75. The lowest BCUT2D eigenvalue weighted by atomic mass is 9.97. The highest BCUT2D eigenvalue weighted by Gasteiger charge is 2.28. The molecule has 0 radical (unpaired) electrons. The van der Waals surface area contributed by atoms with Crippen LogP contribution in [0.3, 0.4) is 0 Å². The molecule has 2 amide bonds. The topological polar surface area (TPSA) is 60.9 Å². The van der Waals surface area contributed by atoms with E-state index in [1.165, 1.54) is 0 Å². The largest absolute Gasteiger partial charge is 0.481 e. The van der Waals surface area contributed by atoms with Crippen molar-refractivity contribution in [1.82, 2.24) is 9.80 Å². The fourth-order valence-electron chi connectivity index (χ4n) is 1.94. The van der Waals surface area contributed by atoms with Gasteiger partial charge >= 0.3 is 12.0 Å². The lowest BCUT2D eigenvalue weighted by molar-refractivity contribution is -0.143. The van der Waals surface area contributed by atoms with Crippen molar-refractivity contribution in [2.75, 3.05) is 26.2 Å². The zero-order valence-electron chi connectivity index (χ0n) is 10.1. The zero-order chi connectivity index (χ0) is 12.8. The summed E-state index contributed by atoms with van der Waals surface area (Å²) in [4.78, 5) is 26.1. The number of nitrogens with zero attached hydrogens (tertiary/aromatic N) is 2. The van der Waals surface area contributed by atoms with Crippen LogP contribution in [0.5, 0.6) is 0 Å². The summed E-state index contributed by atoms with van der Waals surface area (Å²) in [6.45, 7) is 3.74. The molecule has 5 nitrogen and oxygen atoms in total. The number of carbonyl (C=O) groups is 2. The molecule has 1 aliphatic heterocycles. The third-order valence-electron chi connectivity index (χ3n) is 3.05. The molecule has 17 heavy (non-hydrogen) atoms. The fourth-order valence-corrected chi connectivity index (χ4v) is 1.94. The lowest BCUT2D eigenvalue weighted by Gasteiger charge is -2.33. The number of likely N-dealkylation sites (tertiary alicyclic amines) is 1. The predicted molar refractivity (Wildman–Crippen MR) is 63.4 cm³/mol. The van der Waals surface area contributed by atoms with Crippen LogP contribution in [0.4, 0.5) is 4.79 Å². The molecular weight excluding hydrogens is 220 g/mol. The van der Waals surface area contributed by atoms with Crippen LogP contribution >= 0.6 is 0 Å². The number of carboxylic acid groups (broad SMARTS) is 1. The van der Waals surface area contributed by atoms with Crippen LogP contribution in [0.15, 0.2) is 0 Å². The molecule has 1 heterocycles. The van der Waals surface area contributed by atoms with Crippen LogP contribution in [0, 0.1) is 18.3 Å². The second kappa shape index (κ2) is 6.14. The molecule has 5 heteroatoms. The first-order chi connectivity index (χ1) is 8.10. The molecule has 1 saturated heterocycles. The normalized spacial score (nSPS) is 16.4. The van der Waals surface area contributed by atoms with Crippen LogP contribution in [-0.4, -0.2) is 53.1 Å². The molecule has 0 unspecified atom stereocenters. The van der Waals surface area contributed by atoms with E-state index in [0.717, 1.165) is 0 Å². The molecule has 0 aliphatic carbocycles. The van der Waals surface area contributed by atoms with Crippen LogP contribution in [0.25, 0.3) is 0 Å². The van der Waals surface area contributed by atoms with Crippen molar-refractivity contribution < 1.29 is 14.7 Å². The van der Waals surface area contributed by atoms with Crippen molar-refractivity contribution in [2.24, 2.45) is 5.92 Å². The van der Waals surface area contributed by atoms with Crippen LogP contribution in [0.2, 0.25) is 0 Å². The molecule has 1 rings (SSSR count). The maximum Gasteiger partial charge on any atom is 0.320 e. The van der Waals surface area contributed by atoms with Crippen molar-refractivity contribution in [1.29, 1.82) is 0 Å². The standard InChI is InChI=1S/C12H18N2O3/c1-3-7-13(4-2)12(17)14-8-5-10(6-9-14)11(15)16/h1,10H,4-9H2,2H3,(H,15,16). The minimum Gasteiger partial charge on any atom is -0.481 e. The van der Waals surface area contributed by atoms with E-state index in [2.05, 4.69) is 5.92 Å². The molecule has 1 aliphatic rings. The van der Waals surface area contributed by atoms with Gasteiger partial charge in [-0.2, -0.15) is 0 Å². The van der Waals surface area contributed by atoms with Gasteiger partial charge in [0, 0.05) is 19.6 Å². The smallest absolute Gasteiger partial charge is 0.320 e. The number of hydrogen-bond acceptors (Lipinski definition) is 2. The lowest BCUT2D eigenvalue weighted by Crippen LogP contribution is -2.47. The van der Waals surface area contributed by atoms with Crippen molar-refractivity contribution in [3.05, 3.63) is 0 Å². The van der Waals surface area contributed by atoms with Gasteiger partial charge in [-0.3, -0.25) is 4.79 Å². The summed E-state index contributed by atoms with van der Waals surface area (Å²) in [7, 11) is 0. The first-order valence-corrected chi connectivity index (χ1v) is 5.80. The van der Waals surface area contributed by atoms with Gasteiger partial charge in [-0.15, -0.1) is 6.42 Å². The Morgan fingerprint density at radius 2 is 2.06 bits per heavy atom. The molecule has 0 atom stereocenters. The number of carbonyl (C=O) groups excluding carboxylic acids is 1. The number of urea groups is 1. The second-order valence-corrected chi connectivity index (χ2v) is 4.10. The summed E-state index contributed by atoms with van der Waals surface area (Å²) in [5, 5.41) is 8.86. The van der Waals surface area contributed by atoms with Gasteiger partial charge in [0.25, 0.3) is 0 Å². The number of carboxylic acids is 1. The van der Waals surface area contributed by atoms with E-state index in [1.54, 1.807) is 9.80 Å². The third-order valence-corrected chi connectivity index (χ3v) is 3.05. The Kier molecular flexibility index (Phi) is 4.83. The Bertz CT molecular complexity index is 327. The number of piperidine rings is 1. The summed E-state index contributed by atoms with van der Waals surface area (Å²) in [6, 6.07) is -0.0886. The average molecular weight is 238 g/mol. The number of aliphatic carboxylic acids is 1. The monoisotopic (exact) mass is 238 g/mol. The van der Waals surface area contributed by atoms with Gasteiger partial charge in [-0.05, 0) is 19.8 Å². The average Bonchev–Trinajstić information content (AvgIpc) is 2.35. The third kappa shape index (κ3) is 3.38. The van der Waals surface area contributed by atoms with Gasteiger partial charge in [-0.1, -0.05) is 5.92 Å². The number of hydrogen-bond donors (Lipinski definition) is 1. The van der Waals surface area contributed by atoms with Crippen LogP contribution in [-0.2, 0) is 4.79 Å². The summed E-state index contributed by atoms with van der Waals surface area (Å²) < 4.78 is 0. The summed E-state index contributed by atoms with van der Waals surface area (Å²) in [5.41, 5.74) is 0. The predicted octanol–water partition coefficient (Wildman–Crippen LogP) is 0.858. The van der Waals surface area contributed by atoms with Gasteiger partial charge in [0.2, 0.25) is 0 Å². The number of terminal acetylenes is 1. The minimum atomic E-state index is -0.770. The quantitative estimate of drug-likeness (QED) is 0.742. The van der Waals surface area contributed by atoms with E-state index in [4.69, 9.17) is 11.5 Å². The van der Waals surface area contributed by atoms with E-state index >= 15 is 0 Å². The van der Waals surface area contributed by atoms with Crippen molar-refractivity contribution >= 4 is 12.0 Å². The van der Waals surface area contributed by atoms with Gasteiger partial charge in [0.05, 0.1) is 12.5 Å². The van der Waals surface area contributed by atoms with E-state index in [0.29, 0.717) is 39.0 Å².